The number of anilines is 2. The SMILES string of the molecule is CCOC(=O)C[C@@H]1N=C(c2ccc(N(C)c3ccc(F)cc3)cc2)c2c(sc(C)c2C)-n2c(C)nnc21. The van der Waals surface area contributed by atoms with E-state index < -0.39 is 6.04 Å². The molecule has 3 heterocycles. The zero-order chi connectivity index (χ0) is 26.3. The van der Waals surface area contributed by atoms with Crippen molar-refractivity contribution in [2.75, 3.05) is 18.6 Å². The lowest BCUT2D eigenvalue weighted by Gasteiger charge is -2.20. The van der Waals surface area contributed by atoms with E-state index in [1.165, 1.54) is 17.0 Å². The highest BCUT2D eigenvalue weighted by Gasteiger charge is 2.32. The fourth-order valence-electron chi connectivity index (χ4n) is 4.56. The fourth-order valence-corrected chi connectivity index (χ4v) is 5.77. The second kappa shape index (κ2) is 9.89. The number of carbonyl (C=O) groups is 1. The third-order valence-electron chi connectivity index (χ3n) is 6.65. The second-order valence-electron chi connectivity index (χ2n) is 8.99. The summed E-state index contributed by atoms with van der Waals surface area (Å²) in [7, 11) is 1.94. The van der Waals surface area contributed by atoms with E-state index in [0.717, 1.165) is 44.6 Å². The molecule has 1 atom stereocenters. The van der Waals surface area contributed by atoms with Crippen LogP contribution in [0.3, 0.4) is 0 Å². The molecule has 0 spiro atoms. The standard InChI is InChI=1S/C28H28FN5O2S/c1-6-36-24(35)15-23-27-32-31-18(4)34(27)28-25(16(2)17(3)37-28)26(30-23)19-7-11-21(12-8-19)33(5)22-13-9-20(29)10-14-22/h7-14,23H,6,15H2,1-5H3/t23-/m0/s1. The molecular formula is C28H28FN5O2S. The number of hydrogen-bond acceptors (Lipinski definition) is 7. The van der Waals surface area contributed by atoms with Crippen LogP contribution in [0.5, 0.6) is 0 Å². The maximum absolute atomic E-state index is 13.4. The Labute approximate surface area is 219 Å². The van der Waals surface area contributed by atoms with Gasteiger partial charge in [0, 0.05) is 34.4 Å². The van der Waals surface area contributed by atoms with Crippen LogP contribution in [0.4, 0.5) is 15.8 Å². The highest BCUT2D eigenvalue weighted by Crippen LogP contribution is 2.40. The molecule has 0 saturated heterocycles. The van der Waals surface area contributed by atoms with Crippen molar-refractivity contribution in [2.24, 2.45) is 4.99 Å². The summed E-state index contributed by atoms with van der Waals surface area (Å²) in [5, 5.41) is 9.74. The second-order valence-corrected chi connectivity index (χ2v) is 10.2. The molecule has 1 aliphatic heterocycles. The summed E-state index contributed by atoms with van der Waals surface area (Å²) >= 11 is 1.67. The minimum absolute atomic E-state index is 0.0772. The molecule has 0 saturated carbocycles. The number of esters is 1. The Balaban J connectivity index is 1.60. The van der Waals surface area contributed by atoms with Gasteiger partial charge in [-0.1, -0.05) is 12.1 Å². The number of nitrogens with zero attached hydrogens (tertiary/aromatic N) is 5. The molecule has 1 aliphatic rings. The van der Waals surface area contributed by atoms with E-state index in [2.05, 4.69) is 24.0 Å². The molecule has 0 bridgehead atoms. The van der Waals surface area contributed by atoms with Crippen LogP contribution in [0.1, 0.15) is 52.6 Å². The van der Waals surface area contributed by atoms with Gasteiger partial charge in [-0.25, -0.2) is 4.39 Å². The maximum Gasteiger partial charge on any atom is 0.308 e. The number of hydrogen-bond donors (Lipinski definition) is 0. The number of benzene rings is 2. The molecule has 7 nitrogen and oxygen atoms in total. The van der Waals surface area contributed by atoms with Gasteiger partial charge in [-0.05, 0) is 69.7 Å². The van der Waals surface area contributed by atoms with Crippen LogP contribution in [0.2, 0.25) is 0 Å². The first-order valence-corrected chi connectivity index (χ1v) is 13.0. The molecule has 4 aromatic rings. The first-order valence-electron chi connectivity index (χ1n) is 12.1. The van der Waals surface area contributed by atoms with Crippen molar-refractivity contribution in [3.63, 3.8) is 0 Å². The summed E-state index contributed by atoms with van der Waals surface area (Å²) in [6.07, 6.45) is 0.0772. The Kier molecular flexibility index (Phi) is 6.64. The van der Waals surface area contributed by atoms with Crippen LogP contribution >= 0.6 is 11.3 Å². The Bertz CT molecular complexity index is 1490. The average Bonchev–Trinajstić information content (AvgIpc) is 3.36. The molecule has 0 unspecified atom stereocenters. The lowest BCUT2D eigenvalue weighted by atomic mass is 9.99. The van der Waals surface area contributed by atoms with Crippen LogP contribution in [0.25, 0.3) is 5.00 Å². The highest BCUT2D eigenvalue weighted by atomic mass is 32.1. The fraction of sp³-hybridized carbons (Fsp3) is 0.286. The van der Waals surface area contributed by atoms with Crippen molar-refractivity contribution in [3.8, 4) is 5.00 Å². The van der Waals surface area contributed by atoms with Crippen molar-refractivity contribution in [3.05, 3.63) is 87.6 Å². The molecule has 0 aliphatic carbocycles. The number of aromatic nitrogens is 3. The van der Waals surface area contributed by atoms with Gasteiger partial charge < -0.3 is 9.64 Å². The van der Waals surface area contributed by atoms with E-state index in [4.69, 9.17) is 9.73 Å². The number of carbonyl (C=O) groups excluding carboxylic acids is 1. The number of rotatable bonds is 6. The average molecular weight is 518 g/mol. The van der Waals surface area contributed by atoms with Crippen LogP contribution in [-0.4, -0.2) is 40.1 Å². The van der Waals surface area contributed by atoms with E-state index in [0.29, 0.717) is 12.4 Å². The van der Waals surface area contributed by atoms with Crippen molar-refractivity contribution in [1.29, 1.82) is 0 Å². The smallest absolute Gasteiger partial charge is 0.308 e. The predicted octanol–water partition coefficient (Wildman–Crippen LogP) is 6.01. The first kappa shape index (κ1) is 24.8. The summed E-state index contributed by atoms with van der Waals surface area (Å²) in [5.41, 5.74) is 5.75. The number of ether oxygens (including phenoxy) is 1. The van der Waals surface area contributed by atoms with Gasteiger partial charge in [0.1, 0.15) is 22.7 Å². The lowest BCUT2D eigenvalue weighted by molar-refractivity contribution is -0.143. The van der Waals surface area contributed by atoms with E-state index in [1.807, 2.05) is 47.7 Å². The first-order chi connectivity index (χ1) is 17.8. The topological polar surface area (TPSA) is 72.6 Å². The molecule has 37 heavy (non-hydrogen) atoms. The van der Waals surface area contributed by atoms with Crippen molar-refractivity contribution >= 4 is 34.4 Å². The molecule has 0 N–H and O–H groups in total. The summed E-state index contributed by atoms with van der Waals surface area (Å²) in [6.45, 7) is 8.21. The van der Waals surface area contributed by atoms with Gasteiger partial charge in [-0.15, -0.1) is 21.5 Å². The van der Waals surface area contributed by atoms with E-state index in [-0.39, 0.29) is 18.2 Å². The monoisotopic (exact) mass is 517 g/mol. The number of aliphatic imine (C=N–C) groups is 1. The molecule has 2 aromatic carbocycles. The number of aryl methyl sites for hydroxylation is 2. The molecule has 9 heteroatoms. The summed E-state index contributed by atoms with van der Waals surface area (Å²) in [4.78, 5) is 20.8. The van der Waals surface area contributed by atoms with Gasteiger partial charge in [0.25, 0.3) is 0 Å². The van der Waals surface area contributed by atoms with Crippen molar-refractivity contribution in [2.45, 2.75) is 40.2 Å². The minimum atomic E-state index is -0.531. The third kappa shape index (κ3) is 4.55. The Morgan fingerprint density at radius 2 is 1.70 bits per heavy atom. The van der Waals surface area contributed by atoms with Crippen molar-refractivity contribution in [1.82, 2.24) is 14.8 Å². The Hall–Kier alpha value is -3.85. The van der Waals surface area contributed by atoms with E-state index in [9.17, 15) is 9.18 Å². The molecular weight excluding hydrogens is 489 g/mol. The van der Waals surface area contributed by atoms with Gasteiger partial charge in [-0.2, -0.15) is 0 Å². The van der Waals surface area contributed by atoms with Crippen LogP contribution in [0, 0.1) is 26.6 Å². The van der Waals surface area contributed by atoms with Crippen molar-refractivity contribution < 1.29 is 13.9 Å². The summed E-state index contributed by atoms with van der Waals surface area (Å²) in [5.74, 6) is 0.797. The highest BCUT2D eigenvalue weighted by molar-refractivity contribution is 7.15. The van der Waals surface area contributed by atoms with Crippen LogP contribution in [0.15, 0.2) is 53.5 Å². The largest absolute Gasteiger partial charge is 0.466 e. The summed E-state index contributed by atoms with van der Waals surface area (Å²) < 4.78 is 20.7. The molecule has 190 valence electrons. The number of thiophene rings is 1. The quantitative estimate of drug-likeness (QED) is 0.293. The normalized spacial score (nSPS) is 14.4. The van der Waals surface area contributed by atoms with Crippen LogP contribution < -0.4 is 4.90 Å². The zero-order valence-electron chi connectivity index (χ0n) is 21.4. The third-order valence-corrected chi connectivity index (χ3v) is 7.84. The molecule has 0 amide bonds. The molecule has 5 rings (SSSR count). The molecule has 0 fully saturated rings. The van der Waals surface area contributed by atoms with E-state index >= 15 is 0 Å². The molecule has 2 aromatic heterocycles. The van der Waals surface area contributed by atoms with Gasteiger partial charge in [0.2, 0.25) is 0 Å². The Morgan fingerprint density at radius 3 is 2.35 bits per heavy atom. The number of fused-ring (bicyclic) bond motifs is 3. The van der Waals surface area contributed by atoms with E-state index in [1.54, 1.807) is 30.4 Å². The maximum atomic E-state index is 13.4. The number of halogens is 1. The Morgan fingerprint density at radius 1 is 1.05 bits per heavy atom. The van der Waals surface area contributed by atoms with Crippen LogP contribution in [-0.2, 0) is 9.53 Å². The molecule has 0 radical (unpaired) electrons. The van der Waals surface area contributed by atoms with Gasteiger partial charge >= 0.3 is 5.97 Å². The lowest BCUT2D eigenvalue weighted by Crippen LogP contribution is -2.13. The van der Waals surface area contributed by atoms with Gasteiger partial charge in [0.15, 0.2) is 5.82 Å². The van der Waals surface area contributed by atoms with Gasteiger partial charge in [0.05, 0.1) is 18.7 Å². The zero-order valence-corrected chi connectivity index (χ0v) is 22.3. The van der Waals surface area contributed by atoms with Gasteiger partial charge in [-0.3, -0.25) is 14.4 Å². The summed E-state index contributed by atoms with van der Waals surface area (Å²) in [6, 6.07) is 14.0. The predicted molar refractivity (Wildman–Crippen MR) is 144 cm³/mol. The minimum Gasteiger partial charge on any atom is -0.466 e.